The number of amides is 2. The van der Waals surface area contributed by atoms with E-state index in [0.717, 1.165) is 23.4 Å². The van der Waals surface area contributed by atoms with Crippen LogP contribution in [0.3, 0.4) is 0 Å². The first-order chi connectivity index (χ1) is 14.0. The third-order valence-electron chi connectivity index (χ3n) is 5.98. The van der Waals surface area contributed by atoms with Gasteiger partial charge in [-0.2, -0.15) is 0 Å². The first-order valence-electron chi connectivity index (χ1n) is 10.0. The van der Waals surface area contributed by atoms with E-state index < -0.39 is 0 Å². The Kier molecular flexibility index (Phi) is 5.36. The average Bonchev–Trinajstić information content (AvgIpc) is 3.43. The molecule has 2 saturated heterocycles. The van der Waals surface area contributed by atoms with Crippen molar-refractivity contribution in [2.24, 2.45) is 5.92 Å². The molecule has 2 atom stereocenters. The molecular weight excluding hydrogens is 370 g/mol. The minimum atomic E-state index is -0.289. The standard InChI is InChI=1S/C21H27N5O3/c1-14-4-5-18(8-15(14)2)25-10-16(9-20(25)27)21(28)24-7-6-19(12-24)26-11-17(13-29-3)22-23-26/h4-5,8,11,16,19H,6-7,9-10,12-13H2,1-3H3/t16-,19+/m0/s1. The summed E-state index contributed by atoms with van der Waals surface area (Å²) in [6.45, 7) is 6.24. The van der Waals surface area contributed by atoms with Gasteiger partial charge >= 0.3 is 0 Å². The Bertz CT molecular complexity index is 925. The van der Waals surface area contributed by atoms with Crippen LogP contribution in [0.25, 0.3) is 0 Å². The average molecular weight is 397 g/mol. The highest BCUT2D eigenvalue weighted by Gasteiger charge is 2.39. The van der Waals surface area contributed by atoms with E-state index in [-0.39, 0.29) is 30.2 Å². The van der Waals surface area contributed by atoms with Gasteiger partial charge in [0, 0.05) is 38.9 Å². The Labute approximate surface area is 170 Å². The van der Waals surface area contributed by atoms with Crippen molar-refractivity contribution in [1.82, 2.24) is 19.9 Å². The van der Waals surface area contributed by atoms with Crippen LogP contribution in [-0.4, -0.2) is 58.5 Å². The van der Waals surface area contributed by atoms with Gasteiger partial charge in [0.05, 0.1) is 24.8 Å². The van der Waals surface area contributed by atoms with E-state index in [4.69, 9.17) is 4.74 Å². The van der Waals surface area contributed by atoms with Gasteiger partial charge in [-0.15, -0.1) is 5.10 Å². The molecule has 3 heterocycles. The van der Waals surface area contributed by atoms with Crippen LogP contribution in [0.15, 0.2) is 24.4 Å². The zero-order chi connectivity index (χ0) is 20.5. The molecule has 8 heteroatoms. The quantitative estimate of drug-likeness (QED) is 0.769. The zero-order valence-corrected chi connectivity index (χ0v) is 17.2. The van der Waals surface area contributed by atoms with E-state index in [0.29, 0.717) is 26.2 Å². The van der Waals surface area contributed by atoms with Gasteiger partial charge in [0.15, 0.2) is 0 Å². The summed E-state index contributed by atoms with van der Waals surface area (Å²) in [5.41, 5.74) is 4.00. The smallest absolute Gasteiger partial charge is 0.228 e. The second kappa shape index (κ2) is 7.94. The molecule has 2 aliphatic heterocycles. The third kappa shape index (κ3) is 3.89. The molecule has 4 rings (SSSR count). The lowest BCUT2D eigenvalue weighted by molar-refractivity contribution is -0.134. The Morgan fingerprint density at radius 2 is 2.07 bits per heavy atom. The molecule has 0 radical (unpaired) electrons. The van der Waals surface area contributed by atoms with Gasteiger partial charge in [-0.3, -0.25) is 9.59 Å². The first kappa shape index (κ1) is 19.6. The van der Waals surface area contributed by atoms with Crippen LogP contribution in [0.5, 0.6) is 0 Å². The molecule has 0 aliphatic carbocycles. The summed E-state index contributed by atoms with van der Waals surface area (Å²) in [7, 11) is 1.62. The van der Waals surface area contributed by atoms with Crippen molar-refractivity contribution >= 4 is 17.5 Å². The molecule has 2 fully saturated rings. The highest BCUT2D eigenvalue weighted by molar-refractivity contribution is 6.00. The number of nitrogens with zero attached hydrogens (tertiary/aromatic N) is 5. The Balaban J connectivity index is 1.39. The number of methoxy groups -OCH3 is 1. The Morgan fingerprint density at radius 1 is 1.24 bits per heavy atom. The SMILES string of the molecule is COCc1cn([C@@H]2CCN(C(=O)[C@H]3CC(=O)N(c4ccc(C)c(C)c4)C3)C2)nn1. The van der Waals surface area contributed by atoms with Crippen molar-refractivity contribution in [3.05, 3.63) is 41.2 Å². The topological polar surface area (TPSA) is 80.6 Å². The molecular formula is C21H27N5O3. The molecule has 1 aromatic heterocycles. The lowest BCUT2D eigenvalue weighted by Crippen LogP contribution is -2.36. The van der Waals surface area contributed by atoms with Crippen LogP contribution < -0.4 is 4.90 Å². The molecule has 0 saturated carbocycles. The molecule has 1 aromatic carbocycles. The monoisotopic (exact) mass is 397 g/mol. The van der Waals surface area contributed by atoms with Crippen LogP contribution in [-0.2, 0) is 20.9 Å². The molecule has 0 unspecified atom stereocenters. The summed E-state index contributed by atoms with van der Waals surface area (Å²) < 4.78 is 6.91. The number of likely N-dealkylation sites (tertiary alicyclic amines) is 1. The fraction of sp³-hybridized carbons (Fsp3) is 0.524. The highest BCUT2D eigenvalue weighted by Crippen LogP contribution is 2.30. The maximum absolute atomic E-state index is 13.1. The molecule has 0 spiro atoms. The van der Waals surface area contributed by atoms with Gasteiger partial charge in [-0.1, -0.05) is 11.3 Å². The zero-order valence-electron chi connectivity index (χ0n) is 17.2. The summed E-state index contributed by atoms with van der Waals surface area (Å²) in [5.74, 6) is -0.213. The number of hydrogen-bond donors (Lipinski definition) is 0. The Hall–Kier alpha value is -2.74. The predicted molar refractivity (Wildman–Crippen MR) is 107 cm³/mol. The van der Waals surface area contributed by atoms with Gasteiger partial charge in [-0.25, -0.2) is 4.68 Å². The number of aryl methyl sites for hydroxylation is 2. The van der Waals surface area contributed by atoms with E-state index in [2.05, 4.69) is 10.3 Å². The second-order valence-electron chi connectivity index (χ2n) is 8.02. The third-order valence-corrected chi connectivity index (χ3v) is 5.98. The minimum absolute atomic E-state index is 0.0165. The van der Waals surface area contributed by atoms with Gasteiger partial charge in [-0.05, 0) is 43.5 Å². The number of ether oxygens (including phenoxy) is 1. The fourth-order valence-corrected chi connectivity index (χ4v) is 4.14. The highest BCUT2D eigenvalue weighted by atomic mass is 16.5. The van der Waals surface area contributed by atoms with Crippen molar-refractivity contribution < 1.29 is 14.3 Å². The predicted octanol–water partition coefficient (Wildman–Crippen LogP) is 1.87. The summed E-state index contributed by atoms with van der Waals surface area (Å²) in [6.07, 6.45) is 2.99. The molecule has 154 valence electrons. The van der Waals surface area contributed by atoms with Crippen molar-refractivity contribution in [3.8, 4) is 0 Å². The van der Waals surface area contributed by atoms with Crippen LogP contribution in [0.2, 0.25) is 0 Å². The van der Waals surface area contributed by atoms with E-state index in [9.17, 15) is 9.59 Å². The van der Waals surface area contributed by atoms with E-state index >= 15 is 0 Å². The van der Waals surface area contributed by atoms with Crippen molar-refractivity contribution in [3.63, 3.8) is 0 Å². The molecule has 8 nitrogen and oxygen atoms in total. The van der Waals surface area contributed by atoms with Crippen molar-refractivity contribution in [1.29, 1.82) is 0 Å². The summed E-state index contributed by atoms with van der Waals surface area (Å²) in [5, 5.41) is 8.27. The van der Waals surface area contributed by atoms with Gasteiger partial charge in [0.25, 0.3) is 0 Å². The normalized spacial score (nSPS) is 22.0. The second-order valence-corrected chi connectivity index (χ2v) is 8.02. The van der Waals surface area contributed by atoms with Crippen molar-refractivity contribution in [2.75, 3.05) is 31.6 Å². The molecule has 0 bridgehead atoms. The molecule has 2 aromatic rings. The van der Waals surface area contributed by atoms with Gasteiger partial charge < -0.3 is 14.5 Å². The molecule has 29 heavy (non-hydrogen) atoms. The lowest BCUT2D eigenvalue weighted by Gasteiger charge is -2.21. The van der Waals surface area contributed by atoms with Crippen LogP contribution in [0.1, 0.15) is 35.7 Å². The minimum Gasteiger partial charge on any atom is -0.378 e. The largest absolute Gasteiger partial charge is 0.378 e. The Morgan fingerprint density at radius 3 is 2.83 bits per heavy atom. The van der Waals surface area contributed by atoms with E-state index in [1.165, 1.54) is 5.56 Å². The molecule has 2 amide bonds. The van der Waals surface area contributed by atoms with E-state index in [1.807, 2.05) is 47.8 Å². The number of benzene rings is 1. The summed E-state index contributed by atoms with van der Waals surface area (Å²) in [6, 6.07) is 6.12. The number of rotatable bonds is 5. The summed E-state index contributed by atoms with van der Waals surface area (Å²) in [4.78, 5) is 29.2. The fourth-order valence-electron chi connectivity index (χ4n) is 4.14. The number of carbonyl (C=O) groups excluding carboxylic acids is 2. The molecule has 2 aliphatic rings. The number of anilines is 1. The van der Waals surface area contributed by atoms with Gasteiger partial charge in [0.2, 0.25) is 11.8 Å². The number of hydrogen-bond acceptors (Lipinski definition) is 5. The van der Waals surface area contributed by atoms with Crippen LogP contribution in [0, 0.1) is 19.8 Å². The summed E-state index contributed by atoms with van der Waals surface area (Å²) >= 11 is 0. The van der Waals surface area contributed by atoms with Crippen molar-refractivity contribution in [2.45, 2.75) is 39.3 Å². The number of aromatic nitrogens is 3. The lowest BCUT2D eigenvalue weighted by atomic mass is 10.1. The number of carbonyl (C=O) groups is 2. The molecule has 0 N–H and O–H groups in total. The maximum atomic E-state index is 13.1. The van der Waals surface area contributed by atoms with E-state index in [1.54, 1.807) is 12.0 Å². The first-order valence-corrected chi connectivity index (χ1v) is 10.0. The maximum Gasteiger partial charge on any atom is 0.228 e. The van der Waals surface area contributed by atoms with Gasteiger partial charge in [0.1, 0.15) is 5.69 Å². The van der Waals surface area contributed by atoms with Crippen LogP contribution >= 0.6 is 0 Å². The van der Waals surface area contributed by atoms with Crippen LogP contribution in [0.4, 0.5) is 5.69 Å².